The molecule has 2 N–H and O–H groups in total. The molecule has 0 aliphatic heterocycles. The zero-order chi connectivity index (χ0) is 16.9. The predicted octanol–water partition coefficient (Wildman–Crippen LogP) is 1.75. The second kappa shape index (κ2) is 7.25. The largest absolute Gasteiger partial charge is 0.396 e. The van der Waals surface area contributed by atoms with Crippen LogP contribution in [0, 0.1) is 6.92 Å². The highest BCUT2D eigenvalue weighted by Gasteiger charge is 2.20. The average Bonchev–Trinajstić information content (AvgIpc) is 2.47. The van der Waals surface area contributed by atoms with Crippen LogP contribution in [0.15, 0.2) is 46.6 Å². The SMILES string of the molecule is CON=C(Nc1nccc(C)n1)NS(=O)(=O)c1ccccc1Cl. The first kappa shape index (κ1) is 17.0. The van der Waals surface area contributed by atoms with Crippen LogP contribution < -0.4 is 10.0 Å². The number of rotatable bonds is 4. The summed E-state index contributed by atoms with van der Waals surface area (Å²) in [5.74, 6) is -0.0271. The molecule has 2 aromatic rings. The number of nitrogens with zero attached hydrogens (tertiary/aromatic N) is 3. The molecule has 0 aliphatic carbocycles. The molecule has 0 bridgehead atoms. The van der Waals surface area contributed by atoms with Crippen molar-refractivity contribution in [3.63, 3.8) is 0 Å². The molecule has 122 valence electrons. The Kier molecular flexibility index (Phi) is 5.35. The van der Waals surface area contributed by atoms with Crippen LogP contribution in [0.2, 0.25) is 5.02 Å². The number of aryl methyl sites for hydroxylation is 1. The van der Waals surface area contributed by atoms with Crippen molar-refractivity contribution in [1.29, 1.82) is 0 Å². The molecule has 0 spiro atoms. The van der Waals surface area contributed by atoms with Gasteiger partial charge < -0.3 is 4.84 Å². The van der Waals surface area contributed by atoms with Crippen LogP contribution in [0.3, 0.4) is 0 Å². The van der Waals surface area contributed by atoms with E-state index in [1.807, 2.05) is 0 Å². The van der Waals surface area contributed by atoms with Gasteiger partial charge in [-0.25, -0.2) is 23.1 Å². The molecule has 2 rings (SSSR count). The summed E-state index contributed by atoms with van der Waals surface area (Å²) in [4.78, 5) is 12.6. The van der Waals surface area contributed by atoms with Crippen molar-refractivity contribution in [3.8, 4) is 0 Å². The van der Waals surface area contributed by atoms with E-state index < -0.39 is 10.0 Å². The van der Waals surface area contributed by atoms with E-state index in [4.69, 9.17) is 11.6 Å². The molecule has 0 unspecified atom stereocenters. The number of halogens is 1. The van der Waals surface area contributed by atoms with E-state index in [-0.39, 0.29) is 21.8 Å². The van der Waals surface area contributed by atoms with Crippen molar-refractivity contribution in [3.05, 3.63) is 47.2 Å². The van der Waals surface area contributed by atoms with Gasteiger partial charge in [0.2, 0.25) is 5.95 Å². The highest BCUT2D eigenvalue weighted by Crippen LogP contribution is 2.20. The van der Waals surface area contributed by atoms with Crippen molar-refractivity contribution < 1.29 is 13.3 Å². The molecule has 0 saturated carbocycles. The standard InChI is InChI=1S/C13H14ClN5O3S/c1-9-7-8-15-12(16-9)17-13(18-22-2)19-23(20,21)11-6-4-3-5-10(11)14/h3-8H,1-2H3,(H2,15,16,17,18,19). The minimum absolute atomic E-state index is 0.0857. The maximum absolute atomic E-state index is 12.4. The molecule has 8 nitrogen and oxygen atoms in total. The van der Waals surface area contributed by atoms with Crippen LogP contribution in [0.25, 0.3) is 0 Å². The Bertz CT molecular complexity index is 826. The fourth-order valence-electron chi connectivity index (χ4n) is 1.62. The van der Waals surface area contributed by atoms with Crippen LogP contribution >= 0.6 is 11.6 Å². The van der Waals surface area contributed by atoms with Gasteiger partial charge in [0.25, 0.3) is 16.0 Å². The van der Waals surface area contributed by atoms with E-state index in [9.17, 15) is 8.42 Å². The van der Waals surface area contributed by atoms with Crippen LogP contribution in [-0.2, 0) is 14.9 Å². The third-order valence-electron chi connectivity index (χ3n) is 2.56. The minimum atomic E-state index is -3.95. The van der Waals surface area contributed by atoms with Crippen molar-refractivity contribution >= 4 is 33.5 Å². The zero-order valence-electron chi connectivity index (χ0n) is 12.3. The van der Waals surface area contributed by atoms with Gasteiger partial charge in [-0.15, -0.1) is 0 Å². The fourth-order valence-corrected chi connectivity index (χ4v) is 3.09. The molecule has 0 aliphatic rings. The van der Waals surface area contributed by atoms with E-state index in [0.717, 1.165) is 0 Å². The maximum Gasteiger partial charge on any atom is 0.265 e. The number of guanidine groups is 1. The molecule has 0 atom stereocenters. The topological polar surface area (TPSA) is 106 Å². The number of nitrogens with one attached hydrogen (secondary N) is 2. The van der Waals surface area contributed by atoms with Crippen molar-refractivity contribution in [1.82, 2.24) is 14.7 Å². The second-order valence-corrected chi connectivity index (χ2v) is 6.36. The van der Waals surface area contributed by atoms with E-state index >= 15 is 0 Å². The van der Waals surface area contributed by atoms with Crippen molar-refractivity contribution in [2.24, 2.45) is 5.16 Å². The summed E-state index contributed by atoms with van der Waals surface area (Å²) in [5, 5.41) is 6.30. The molecule has 1 aromatic heterocycles. The lowest BCUT2D eigenvalue weighted by Crippen LogP contribution is -2.36. The number of hydrogen-bond donors (Lipinski definition) is 2. The van der Waals surface area contributed by atoms with Gasteiger partial charge in [-0.3, -0.25) is 5.32 Å². The predicted molar refractivity (Wildman–Crippen MR) is 86.6 cm³/mol. The Morgan fingerprint density at radius 3 is 2.70 bits per heavy atom. The van der Waals surface area contributed by atoms with Gasteiger partial charge in [-0.2, -0.15) is 0 Å². The third-order valence-corrected chi connectivity index (χ3v) is 4.40. The van der Waals surface area contributed by atoms with Gasteiger partial charge >= 0.3 is 0 Å². The number of benzene rings is 1. The van der Waals surface area contributed by atoms with Crippen molar-refractivity contribution in [2.45, 2.75) is 11.8 Å². The summed E-state index contributed by atoms with van der Waals surface area (Å²) < 4.78 is 27.0. The summed E-state index contributed by atoms with van der Waals surface area (Å²) in [7, 11) is -2.67. The van der Waals surface area contributed by atoms with Crippen LogP contribution in [0.5, 0.6) is 0 Å². The lowest BCUT2D eigenvalue weighted by Gasteiger charge is -2.12. The summed E-state index contributed by atoms with van der Waals surface area (Å²) in [6, 6.07) is 7.74. The smallest absolute Gasteiger partial charge is 0.265 e. The quantitative estimate of drug-likeness (QED) is 0.491. The number of oxime groups is 1. The van der Waals surface area contributed by atoms with Gasteiger partial charge in [-0.05, 0) is 30.3 Å². The van der Waals surface area contributed by atoms with Crippen LogP contribution in [0.1, 0.15) is 5.69 Å². The monoisotopic (exact) mass is 355 g/mol. The summed E-state index contributed by atoms with van der Waals surface area (Å²) in [6.45, 7) is 1.77. The Labute approximate surface area is 138 Å². The molecule has 1 heterocycles. The fraction of sp³-hybridized carbons (Fsp3) is 0.154. The van der Waals surface area contributed by atoms with Crippen LogP contribution in [-0.4, -0.2) is 31.5 Å². The second-order valence-electron chi connectivity index (χ2n) is 4.31. The lowest BCUT2D eigenvalue weighted by atomic mass is 10.4. The number of sulfonamides is 1. The highest BCUT2D eigenvalue weighted by molar-refractivity contribution is 7.90. The molecule has 10 heteroatoms. The van der Waals surface area contributed by atoms with Crippen LogP contribution in [0.4, 0.5) is 5.95 Å². The molecule has 0 saturated heterocycles. The zero-order valence-corrected chi connectivity index (χ0v) is 13.9. The summed E-state index contributed by atoms with van der Waals surface area (Å²) in [6.07, 6.45) is 1.53. The summed E-state index contributed by atoms with van der Waals surface area (Å²) >= 11 is 5.91. The van der Waals surface area contributed by atoms with E-state index in [1.165, 1.54) is 25.4 Å². The van der Waals surface area contributed by atoms with E-state index in [1.54, 1.807) is 25.1 Å². The van der Waals surface area contributed by atoms with Gasteiger partial charge in [0.15, 0.2) is 0 Å². The lowest BCUT2D eigenvalue weighted by molar-refractivity contribution is 0.212. The van der Waals surface area contributed by atoms with Crippen molar-refractivity contribution in [2.75, 3.05) is 12.4 Å². The molecule has 1 aromatic carbocycles. The third kappa shape index (κ3) is 4.54. The Morgan fingerprint density at radius 1 is 1.30 bits per heavy atom. The van der Waals surface area contributed by atoms with Gasteiger partial charge in [-0.1, -0.05) is 23.7 Å². The van der Waals surface area contributed by atoms with E-state index in [2.05, 4.69) is 30.0 Å². The highest BCUT2D eigenvalue weighted by atomic mass is 35.5. The maximum atomic E-state index is 12.4. The van der Waals surface area contributed by atoms with Gasteiger partial charge in [0.05, 0.1) is 5.02 Å². The molecule has 0 fully saturated rings. The first-order valence-electron chi connectivity index (χ1n) is 6.37. The first-order chi connectivity index (χ1) is 10.9. The first-order valence-corrected chi connectivity index (χ1v) is 8.23. The Balaban J connectivity index is 2.26. The van der Waals surface area contributed by atoms with E-state index in [0.29, 0.717) is 5.69 Å². The molecular formula is C13H14ClN5O3S. The molecular weight excluding hydrogens is 342 g/mol. The number of aromatic nitrogens is 2. The number of anilines is 1. The average molecular weight is 356 g/mol. The van der Waals surface area contributed by atoms with Gasteiger partial charge in [0.1, 0.15) is 12.0 Å². The van der Waals surface area contributed by atoms with Gasteiger partial charge in [0, 0.05) is 11.9 Å². The molecule has 23 heavy (non-hydrogen) atoms. The molecule has 0 radical (unpaired) electrons. The number of hydrogen-bond acceptors (Lipinski definition) is 6. The molecule has 0 amide bonds. The normalized spacial score (nSPS) is 11.9. The Hall–Kier alpha value is -2.39. The summed E-state index contributed by atoms with van der Waals surface area (Å²) in [5.41, 5.74) is 0.702. The Morgan fingerprint density at radius 2 is 2.04 bits per heavy atom. The minimum Gasteiger partial charge on any atom is -0.396 e.